The van der Waals surface area contributed by atoms with Crippen molar-refractivity contribution in [3.8, 4) is 17.1 Å². The number of likely N-dealkylation sites (N-methyl/N-ethyl adjacent to an activating group) is 1. The summed E-state index contributed by atoms with van der Waals surface area (Å²) in [6, 6.07) is 8.45. The van der Waals surface area contributed by atoms with Crippen molar-refractivity contribution in [3.63, 3.8) is 0 Å². The van der Waals surface area contributed by atoms with Gasteiger partial charge in [0.1, 0.15) is 17.5 Å². The Morgan fingerprint density at radius 2 is 1.97 bits per heavy atom. The summed E-state index contributed by atoms with van der Waals surface area (Å²) in [5, 5.41) is 16.3. The SMILES string of the molecule is CCNC(=O)Cc1ccc(Nc2cc(-c3c(F)cccc3F)nc3c[nH]c(O)c23)nc1. The van der Waals surface area contributed by atoms with Crippen molar-refractivity contribution in [1.29, 1.82) is 0 Å². The standard InChI is InChI=1S/C22H19F2N5O2/c1-2-25-19(30)8-12-6-7-18(26-10-12)29-16-9-15(20-13(23)4-3-5-14(20)24)28-17-11-27-22(31)21(16)17/h3-7,9-11,27,31H,2,8H2,1H3,(H,25,30)(H,26,29). The first-order valence-electron chi connectivity index (χ1n) is 9.60. The Labute approximate surface area is 176 Å². The van der Waals surface area contributed by atoms with E-state index in [0.717, 1.165) is 17.7 Å². The number of carbonyl (C=O) groups excluding carboxylic acids is 1. The molecule has 0 saturated carbocycles. The van der Waals surface area contributed by atoms with Gasteiger partial charge in [0.05, 0.1) is 34.3 Å². The summed E-state index contributed by atoms with van der Waals surface area (Å²) in [5.74, 6) is -1.31. The molecule has 7 nitrogen and oxygen atoms in total. The molecule has 0 unspecified atom stereocenters. The molecule has 0 saturated heterocycles. The molecule has 4 N–H and O–H groups in total. The highest BCUT2D eigenvalue weighted by atomic mass is 19.1. The lowest BCUT2D eigenvalue weighted by molar-refractivity contribution is -0.120. The van der Waals surface area contributed by atoms with Crippen LogP contribution in [0.5, 0.6) is 5.88 Å². The average molecular weight is 423 g/mol. The van der Waals surface area contributed by atoms with Crippen molar-refractivity contribution >= 4 is 28.3 Å². The molecule has 4 aromatic rings. The van der Waals surface area contributed by atoms with Crippen LogP contribution in [0, 0.1) is 11.6 Å². The molecule has 0 fully saturated rings. The highest BCUT2D eigenvalue weighted by Crippen LogP contribution is 2.36. The lowest BCUT2D eigenvalue weighted by Crippen LogP contribution is -2.24. The molecule has 0 radical (unpaired) electrons. The Kier molecular flexibility index (Phi) is 5.48. The fraction of sp³-hybridized carbons (Fsp3) is 0.136. The van der Waals surface area contributed by atoms with Crippen LogP contribution in [0.1, 0.15) is 12.5 Å². The van der Waals surface area contributed by atoms with Crippen LogP contribution < -0.4 is 10.6 Å². The summed E-state index contributed by atoms with van der Waals surface area (Å²) in [5.41, 5.74) is 1.23. The zero-order valence-corrected chi connectivity index (χ0v) is 16.5. The van der Waals surface area contributed by atoms with Crippen LogP contribution in [-0.2, 0) is 11.2 Å². The molecule has 0 aliphatic heterocycles. The number of aromatic hydroxyl groups is 1. The van der Waals surface area contributed by atoms with Gasteiger partial charge in [0.2, 0.25) is 5.91 Å². The first kappa shape index (κ1) is 20.3. The van der Waals surface area contributed by atoms with Gasteiger partial charge in [-0.3, -0.25) is 4.79 Å². The monoisotopic (exact) mass is 423 g/mol. The second-order valence-electron chi connectivity index (χ2n) is 6.86. The van der Waals surface area contributed by atoms with Crippen molar-refractivity contribution in [2.45, 2.75) is 13.3 Å². The number of halogens is 2. The van der Waals surface area contributed by atoms with Gasteiger partial charge in [-0.15, -0.1) is 0 Å². The van der Waals surface area contributed by atoms with Crippen LogP contribution in [0.2, 0.25) is 0 Å². The minimum Gasteiger partial charge on any atom is -0.494 e. The summed E-state index contributed by atoms with van der Waals surface area (Å²) in [6.45, 7) is 2.39. The molecule has 4 rings (SSSR count). The topological polar surface area (TPSA) is 103 Å². The fourth-order valence-electron chi connectivity index (χ4n) is 3.28. The zero-order valence-electron chi connectivity index (χ0n) is 16.5. The van der Waals surface area contributed by atoms with E-state index in [1.165, 1.54) is 18.3 Å². The van der Waals surface area contributed by atoms with Crippen molar-refractivity contribution in [3.05, 3.63) is 66.0 Å². The van der Waals surface area contributed by atoms with Crippen molar-refractivity contribution in [2.75, 3.05) is 11.9 Å². The molecule has 0 aliphatic rings. The predicted molar refractivity (Wildman–Crippen MR) is 113 cm³/mol. The van der Waals surface area contributed by atoms with E-state index >= 15 is 0 Å². The average Bonchev–Trinajstić information content (AvgIpc) is 3.11. The summed E-state index contributed by atoms with van der Waals surface area (Å²) in [4.78, 5) is 22.9. The number of benzene rings is 1. The lowest BCUT2D eigenvalue weighted by Gasteiger charge is -2.11. The minimum atomic E-state index is -0.745. The largest absolute Gasteiger partial charge is 0.494 e. The Balaban J connectivity index is 1.70. The number of nitrogens with one attached hydrogen (secondary N) is 3. The van der Waals surface area contributed by atoms with Crippen LogP contribution in [-0.4, -0.2) is 32.5 Å². The number of rotatable bonds is 6. The van der Waals surface area contributed by atoms with Gasteiger partial charge in [-0.05, 0) is 36.8 Å². The number of fused-ring (bicyclic) bond motifs is 1. The molecule has 31 heavy (non-hydrogen) atoms. The van der Waals surface area contributed by atoms with E-state index in [2.05, 4.69) is 25.6 Å². The minimum absolute atomic E-state index is 0.0671. The fourth-order valence-corrected chi connectivity index (χ4v) is 3.28. The Morgan fingerprint density at radius 3 is 2.65 bits per heavy atom. The van der Waals surface area contributed by atoms with E-state index in [1.54, 1.807) is 18.3 Å². The first-order valence-corrected chi connectivity index (χ1v) is 9.60. The third-order valence-corrected chi connectivity index (χ3v) is 4.67. The second-order valence-corrected chi connectivity index (χ2v) is 6.86. The molecule has 158 valence electrons. The molecular formula is C22H19F2N5O2. The zero-order chi connectivity index (χ0) is 22.0. The molecule has 3 heterocycles. The summed E-state index contributed by atoms with van der Waals surface area (Å²) in [6.07, 6.45) is 3.21. The number of amides is 1. The van der Waals surface area contributed by atoms with Crippen LogP contribution in [0.25, 0.3) is 22.2 Å². The molecule has 0 spiro atoms. The Hall–Kier alpha value is -4.01. The molecular weight excluding hydrogens is 404 g/mol. The summed E-state index contributed by atoms with van der Waals surface area (Å²) in [7, 11) is 0. The van der Waals surface area contributed by atoms with Crippen LogP contribution in [0.15, 0.2) is 48.8 Å². The van der Waals surface area contributed by atoms with Gasteiger partial charge in [-0.2, -0.15) is 0 Å². The third-order valence-electron chi connectivity index (χ3n) is 4.67. The smallest absolute Gasteiger partial charge is 0.224 e. The Morgan fingerprint density at radius 1 is 1.19 bits per heavy atom. The van der Waals surface area contributed by atoms with Crippen LogP contribution >= 0.6 is 0 Å². The van der Waals surface area contributed by atoms with E-state index in [-0.39, 0.29) is 29.5 Å². The molecule has 9 heteroatoms. The number of aromatic nitrogens is 3. The van der Waals surface area contributed by atoms with E-state index in [4.69, 9.17) is 0 Å². The van der Waals surface area contributed by atoms with E-state index in [1.807, 2.05) is 6.92 Å². The normalized spacial score (nSPS) is 10.9. The third kappa shape index (κ3) is 4.16. The predicted octanol–water partition coefficient (Wildman–Crippen LogP) is 4.03. The maximum Gasteiger partial charge on any atom is 0.224 e. The molecule has 3 aromatic heterocycles. The number of aromatic amines is 1. The maximum absolute atomic E-state index is 14.3. The van der Waals surface area contributed by atoms with Gasteiger partial charge < -0.3 is 20.7 Å². The number of hydrogen-bond donors (Lipinski definition) is 4. The van der Waals surface area contributed by atoms with Gasteiger partial charge >= 0.3 is 0 Å². The van der Waals surface area contributed by atoms with E-state index in [0.29, 0.717) is 29.0 Å². The van der Waals surface area contributed by atoms with Gasteiger partial charge in [-0.25, -0.2) is 18.7 Å². The molecule has 0 bridgehead atoms. The van der Waals surface area contributed by atoms with Gasteiger partial charge in [-0.1, -0.05) is 12.1 Å². The number of carbonyl (C=O) groups is 1. The first-order chi connectivity index (χ1) is 15.0. The number of pyridine rings is 2. The lowest BCUT2D eigenvalue weighted by atomic mass is 10.1. The molecule has 0 aliphatic carbocycles. The van der Waals surface area contributed by atoms with E-state index < -0.39 is 11.6 Å². The number of hydrogen-bond acceptors (Lipinski definition) is 5. The highest BCUT2D eigenvalue weighted by molar-refractivity contribution is 5.99. The molecule has 1 aromatic carbocycles. The quantitative estimate of drug-likeness (QED) is 0.375. The van der Waals surface area contributed by atoms with Gasteiger partial charge in [0.25, 0.3) is 0 Å². The van der Waals surface area contributed by atoms with E-state index in [9.17, 15) is 18.7 Å². The maximum atomic E-state index is 14.3. The second kappa shape index (κ2) is 8.39. The van der Waals surface area contributed by atoms with Crippen LogP contribution in [0.4, 0.5) is 20.3 Å². The summed E-state index contributed by atoms with van der Waals surface area (Å²) >= 11 is 0. The number of anilines is 2. The van der Waals surface area contributed by atoms with Crippen molar-refractivity contribution < 1.29 is 18.7 Å². The van der Waals surface area contributed by atoms with Gasteiger partial charge in [0.15, 0.2) is 5.88 Å². The van der Waals surface area contributed by atoms with Crippen molar-refractivity contribution in [1.82, 2.24) is 20.3 Å². The molecule has 0 atom stereocenters. The van der Waals surface area contributed by atoms with Crippen LogP contribution in [0.3, 0.4) is 0 Å². The van der Waals surface area contributed by atoms with Crippen molar-refractivity contribution in [2.24, 2.45) is 0 Å². The van der Waals surface area contributed by atoms with Gasteiger partial charge in [0, 0.05) is 18.9 Å². The Bertz CT molecular complexity index is 1230. The number of nitrogens with zero attached hydrogens (tertiary/aromatic N) is 2. The highest BCUT2D eigenvalue weighted by Gasteiger charge is 2.18. The summed E-state index contributed by atoms with van der Waals surface area (Å²) < 4.78 is 28.6. The molecule has 1 amide bonds. The number of H-pyrrole nitrogens is 1.